The van der Waals surface area contributed by atoms with E-state index >= 15 is 0 Å². The van der Waals surface area contributed by atoms with E-state index in [-0.39, 0.29) is 11.7 Å². The predicted octanol–water partition coefficient (Wildman–Crippen LogP) is 3.48. The first kappa shape index (κ1) is 15.2. The fourth-order valence-corrected chi connectivity index (χ4v) is 2.97. The summed E-state index contributed by atoms with van der Waals surface area (Å²) in [5.41, 5.74) is 6.44. The number of rotatable bonds is 4. The van der Waals surface area contributed by atoms with Gasteiger partial charge in [0.05, 0.1) is 0 Å². The molecule has 0 aliphatic carbocycles. The largest absolute Gasteiger partial charge is 0.367 e. The summed E-state index contributed by atoms with van der Waals surface area (Å²) in [5.74, 6) is -0.235. The number of nitrogens with zero attached hydrogens (tertiary/aromatic N) is 1. The SMILES string of the molecule is CCC1CCN(c2c(F)cc(CC(C)N)cc2F)CC1. The van der Waals surface area contributed by atoms with Gasteiger partial charge in [0.2, 0.25) is 0 Å². The topological polar surface area (TPSA) is 29.3 Å². The molecule has 0 aromatic heterocycles. The van der Waals surface area contributed by atoms with Crippen molar-refractivity contribution in [1.82, 2.24) is 0 Å². The van der Waals surface area contributed by atoms with Gasteiger partial charge in [0, 0.05) is 19.1 Å². The summed E-state index contributed by atoms with van der Waals surface area (Å²) in [4.78, 5) is 1.84. The molecular formula is C16H24F2N2. The second kappa shape index (κ2) is 6.53. The molecule has 112 valence electrons. The van der Waals surface area contributed by atoms with Crippen LogP contribution in [0, 0.1) is 17.6 Å². The summed E-state index contributed by atoms with van der Waals surface area (Å²) in [6, 6.07) is 2.75. The highest BCUT2D eigenvalue weighted by molar-refractivity contribution is 5.51. The maximum atomic E-state index is 14.2. The van der Waals surface area contributed by atoms with E-state index in [0.717, 1.165) is 32.4 Å². The van der Waals surface area contributed by atoms with Crippen molar-refractivity contribution in [2.45, 2.75) is 45.6 Å². The van der Waals surface area contributed by atoms with Gasteiger partial charge >= 0.3 is 0 Å². The zero-order valence-electron chi connectivity index (χ0n) is 12.3. The molecule has 1 saturated heterocycles. The molecule has 1 heterocycles. The van der Waals surface area contributed by atoms with Gasteiger partial charge in [-0.15, -0.1) is 0 Å². The number of nitrogens with two attached hydrogens (primary N) is 1. The van der Waals surface area contributed by atoms with Crippen LogP contribution in [0.25, 0.3) is 0 Å². The molecule has 1 fully saturated rings. The Bertz CT molecular complexity index is 429. The lowest BCUT2D eigenvalue weighted by Gasteiger charge is -2.33. The van der Waals surface area contributed by atoms with E-state index in [1.165, 1.54) is 12.1 Å². The number of hydrogen-bond acceptors (Lipinski definition) is 2. The molecular weight excluding hydrogens is 258 g/mol. The van der Waals surface area contributed by atoms with Crippen LogP contribution in [-0.4, -0.2) is 19.1 Å². The Morgan fingerprint density at radius 1 is 1.25 bits per heavy atom. The minimum Gasteiger partial charge on any atom is -0.367 e. The van der Waals surface area contributed by atoms with Crippen LogP contribution in [0.15, 0.2) is 12.1 Å². The third-order valence-corrected chi connectivity index (χ3v) is 4.14. The summed E-state index contributed by atoms with van der Waals surface area (Å²) >= 11 is 0. The first-order chi connectivity index (χ1) is 9.51. The van der Waals surface area contributed by atoms with Crippen molar-refractivity contribution in [3.8, 4) is 0 Å². The third kappa shape index (κ3) is 3.48. The van der Waals surface area contributed by atoms with Gasteiger partial charge in [0.15, 0.2) is 0 Å². The summed E-state index contributed by atoms with van der Waals surface area (Å²) in [7, 11) is 0. The van der Waals surface area contributed by atoms with Gasteiger partial charge in [-0.05, 0) is 49.8 Å². The smallest absolute Gasteiger partial charge is 0.149 e. The van der Waals surface area contributed by atoms with Crippen LogP contribution in [0.5, 0.6) is 0 Å². The minimum atomic E-state index is -0.462. The fourth-order valence-electron chi connectivity index (χ4n) is 2.97. The van der Waals surface area contributed by atoms with E-state index in [2.05, 4.69) is 6.92 Å². The quantitative estimate of drug-likeness (QED) is 0.916. The van der Waals surface area contributed by atoms with E-state index in [9.17, 15) is 8.78 Å². The maximum absolute atomic E-state index is 14.2. The van der Waals surface area contributed by atoms with Crippen molar-refractivity contribution in [1.29, 1.82) is 0 Å². The zero-order valence-corrected chi connectivity index (χ0v) is 12.3. The molecule has 0 radical (unpaired) electrons. The maximum Gasteiger partial charge on any atom is 0.149 e. The minimum absolute atomic E-state index is 0.0973. The summed E-state index contributed by atoms with van der Waals surface area (Å²) < 4.78 is 28.4. The van der Waals surface area contributed by atoms with Crippen molar-refractivity contribution in [3.05, 3.63) is 29.3 Å². The molecule has 1 aliphatic heterocycles. The normalized spacial score (nSPS) is 18.4. The third-order valence-electron chi connectivity index (χ3n) is 4.14. The van der Waals surface area contributed by atoms with E-state index in [4.69, 9.17) is 5.73 Å². The Hall–Kier alpha value is -1.16. The molecule has 0 bridgehead atoms. The molecule has 2 nitrogen and oxygen atoms in total. The molecule has 1 atom stereocenters. The van der Waals surface area contributed by atoms with Gasteiger partial charge in [-0.2, -0.15) is 0 Å². The number of halogens is 2. The molecule has 0 spiro atoms. The van der Waals surface area contributed by atoms with Gasteiger partial charge in [-0.1, -0.05) is 13.3 Å². The Balaban J connectivity index is 2.16. The second-order valence-corrected chi connectivity index (χ2v) is 5.93. The lowest BCUT2D eigenvalue weighted by Crippen LogP contribution is -2.34. The van der Waals surface area contributed by atoms with E-state index < -0.39 is 11.6 Å². The Kier molecular flexibility index (Phi) is 4.97. The molecule has 1 aromatic carbocycles. The lowest BCUT2D eigenvalue weighted by molar-refractivity contribution is 0.389. The van der Waals surface area contributed by atoms with Gasteiger partial charge in [-0.3, -0.25) is 0 Å². The standard InChI is InChI=1S/C16H24F2N2/c1-3-12-4-6-20(7-5-12)16-14(17)9-13(8-11(2)19)10-15(16)18/h9-12H,3-8,19H2,1-2H3. The highest BCUT2D eigenvalue weighted by Crippen LogP contribution is 2.30. The number of anilines is 1. The Labute approximate surface area is 120 Å². The molecule has 4 heteroatoms. The van der Waals surface area contributed by atoms with Gasteiger partial charge in [0.25, 0.3) is 0 Å². The Morgan fingerprint density at radius 3 is 2.25 bits per heavy atom. The van der Waals surface area contributed by atoms with Crippen LogP contribution in [-0.2, 0) is 6.42 Å². The molecule has 20 heavy (non-hydrogen) atoms. The summed E-state index contributed by atoms with van der Waals surface area (Å²) in [6.45, 7) is 5.47. The summed E-state index contributed by atoms with van der Waals surface area (Å²) in [5, 5.41) is 0. The summed E-state index contributed by atoms with van der Waals surface area (Å²) in [6.07, 6.45) is 3.66. The fraction of sp³-hybridized carbons (Fsp3) is 0.625. The van der Waals surface area contributed by atoms with Crippen molar-refractivity contribution in [3.63, 3.8) is 0 Å². The number of piperidine rings is 1. The van der Waals surface area contributed by atoms with Gasteiger partial charge < -0.3 is 10.6 Å². The van der Waals surface area contributed by atoms with Crippen LogP contribution in [0.4, 0.5) is 14.5 Å². The van der Waals surface area contributed by atoms with E-state index in [1.807, 2.05) is 11.8 Å². The Morgan fingerprint density at radius 2 is 1.80 bits per heavy atom. The first-order valence-corrected chi connectivity index (χ1v) is 7.49. The predicted molar refractivity (Wildman–Crippen MR) is 78.9 cm³/mol. The van der Waals surface area contributed by atoms with Gasteiger partial charge in [0.1, 0.15) is 17.3 Å². The van der Waals surface area contributed by atoms with Crippen molar-refractivity contribution >= 4 is 5.69 Å². The highest BCUT2D eigenvalue weighted by Gasteiger charge is 2.23. The van der Waals surface area contributed by atoms with E-state index in [0.29, 0.717) is 17.9 Å². The average molecular weight is 282 g/mol. The van der Waals surface area contributed by atoms with Crippen LogP contribution in [0.1, 0.15) is 38.7 Å². The monoisotopic (exact) mass is 282 g/mol. The molecule has 1 unspecified atom stereocenters. The van der Waals surface area contributed by atoms with Gasteiger partial charge in [-0.25, -0.2) is 8.78 Å². The van der Waals surface area contributed by atoms with Crippen LogP contribution in [0.2, 0.25) is 0 Å². The molecule has 2 rings (SSSR count). The number of hydrogen-bond donors (Lipinski definition) is 1. The number of benzene rings is 1. The van der Waals surface area contributed by atoms with E-state index in [1.54, 1.807) is 0 Å². The molecule has 0 amide bonds. The lowest BCUT2D eigenvalue weighted by atomic mass is 9.94. The van der Waals surface area contributed by atoms with Crippen molar-refractivity contribution < 1.29 is 8.78 Å². The van der Waals surface area contributed by atoms with Crippen LogP contribution < -0.4 is 10.6 Å². The highest BCUT2D eigenvalue weighted by atomic mass is 19.1. The molecule has 0 saturated carbocycles. The van der Waals surface area contributed by atoms with Crippen molar-refractivity contribution in [2.75, 3.05) is 18.0 Å². The zero-order chi connectivity index (χ0) is 14.7. The van der Waals surface area contributed by atoms with Crippen LogP contribution >= 0.6 is 0 Å². The average Bonchev–Trinajstić information content (AvgIpc) is 2.38. The van der Waals surface area contributed by atoms with Crippen molar-refractivity contribution in [2.24, 2.45) is 11.7 Å². The molecule has 2 N–H and O–H groups in total. The second-order valence-electron chi connectivity index (χ2n) is 5.93. The first-order valence-electron chi connectivity index (χ1n) is 7.49. The molecule has 1 aromatic rings. The van der Waals surface area contributed by atoms with Crippen LogP contribution in [0.3, 0.4) is 0 Å². The molecule has 1 aliphatic rings.